The van der Waals surface area contributed by atoms with E-state index in [9.17, 15) is 14.0 Å². The Kier molecular flexibility index (Phi) is 7.04. The highest BCUT2D eigenvalue weighted by molar-refractivity contribution is 8.26. The van der Waals surface area contributed by atoms with Crippen LogP contribution in [0.15, 0.2) is 52.3 Å². The minimum absolute atomic E-state index is 0.176. The third-order valence-electron chi connectivity index (χ3n) is 6.53. The molecule has 0 radical (unpaired) electrons. The van der Waals surface area contributed by atoms with Crippen LogP contribution in [0.4, 0.5) is 15.9 Å². The summed E-state index contributed by atoms with van der Waals surface area (Å²) in [5.74, 6) is 0.393. The number of carbonyl (C=O) groups excluding carboxylic acids is 1. The maximum absolute atomic E-state index is 13.7. The van der Waals surface area contributed by atoms with Crippen molar-refractivity contribution in [2.45, 2.75) is 20.8 Å². The SMILES string of the molecule is Cc1cccn2c(=O)c(C=C3SC(=S)N(CC(C)C)C3=O)c(N3CCN(c4ccc(F)cc4)CC3)nc12. The summed E-state index contributed by atoms with van der Waals surface area (Å²) < 4.78 is 15.4. The van der Waals surface area contributed by atoms with E-state index in [-0.39, 0.29) is 23.2 Å². The second-order valence-electron chi connectivity index (χ2n) is 9.68. The summed E-state index contributed by atoms with van der Waals surface area (Å²) in [5, 5.41) is 0. The fourth-order valence-corrected chi connectivity index (χ4v) is 5.91. The lowest BCUT2D eigenvalue weighted by Crippen LogP contribution is -2.47. The van der Waals surface area contributed by atoms with Crippen LogP contribution in [0.1, 0.15) is 25.0 Å². The summed E-state index contributed by atoms with van der Waals surface area (Å²) in [6, 6.07) is 10.2. The van der Waals surface area contributed by atoms with Crippen LogP contribution in [0.5, 0.6) is 0 Å². The van der Waals surface area contributed by atoms with Crippen molar-refractivity contribution in [2.24, 2.45) is 5.92 Å². The number of thioether (sulfide) groups is 1. The molecule has 2 fully saturated rings. The van der Waals surface area contributed by atoms with Gasteiger partial charge in [0.25, 0.3) is 11.5 Å². The number of aromatic nitrogens is 2. The molecule has 0 spiro atoms. The van der Waals surface area contributed by atoms with Gasteiger partial charge in [0.15, 0.2) is 0 Å². The van der Waals surface area contributed by atoms with Crippen LogP contribution in [0.25, 0.3) is 11.7 Å². The summed E-state index contributed by atoms with van der Waals surface area (Å²) in [5.41, 5.74) is 2.59. The van der Waals surface area contributed by atoms with Gasteiger partial charge in [-0.15, -0.1) is 0 Å². The van der Waals surface area contributed by atoms with Gasteiger partial charge in [0, 0.05) is 44.6 Å². The molecule has 10 heteroatoms. The Hall–Kier alpha value is -3.24. The summed E-state index contributed by atoms with van der Waals surface area (Å²) in [6.45, 7) is 9.17. The van der Waals surface area contributed by atoms with Gasteiger partial charge in [-0.25, -0.2) is 9.37 Å². The Morgan fingerprint density at radius 1 is 1.08 bits per heavy atom. The molecule has 0 bridgehead atoms. The molecule has 0 aliphatic carbocycles. The Morgan fingerprint density at radius 2 is 1.76 bits per heavy atom. The van der Waals surface area contributed by atoms with Crippen LogP contribution in [0.2, 0.25) is 0 Å². The molecule has 2 aliphatic rings. The lowest BCUT2D eigenvalue weighted by molar-refractivity contribution is -0.122. The lowest BCUT2D eigenvalue weighted by atomic mass is 10.2. The van der Waals surface area contributed by atoms with Crippen LogP contribution in [0, 0.1) is 18.7 Å². The molecule has 37 heavy (non-hydrogen) atoms. The van der Waals surface area contributed by atoms with E-state index < -0.39 is 0 Å². The van der Waals surface area contributed by atoms with Crippen LogP contribution >= 0.6 is 24.0 Å². The normalized spacial score (nSPS) is 17.6. The van der Waals surface area contributed by atoms with Crippen molar-refractivity contribution in [3.8, 4) is 0 Å². The molecule has 4 heterocycles. The van der Waals surface area contributed by atoms with Crippen molar-refractivity contribution in [1.82, 2.24) is 14.3 Å². The van der Waals surface area contributed by atoms with Gasteiger partial charge in [0.05, 0.1) is 10.5 Å². The first-order valence-corrected chi connectivity index (χ1v) is 13.5. The first kappa shape index (κ1) is 25.4. The number of thiocarbonyl (C=S) groups is 1. The van der Waals surface area contributed by atoms with E-state index in [4.69, 9.17) is 17.2 Å². The Balaban J connectivity index is 1.53. The first-order chi connectivity index (χ1) is 17.7. The number of rotatable bonds is 5. The second-order valence-corrected chi connectivity index (χ2v) is 11.4. The van der Waals surface area contributed by atoms with Gasteiger partial charge in [-0.2, -0.15) is 0 Å². The zero-order valence-electron chi connectivity index (χ0n) is 21.0. The Labute approximate surface area is 224 Å². The number of benzene rings is 1. The van der Waals surface area contributed by atoms with Gasteiger partial charge in [-0.3, -0.25) is 18.9 Å². The molecule has 1 aromatic carbocycles. The van der Waals surface area contributed by atoms with Crippen LogP contribution in [0.3, 0.4) is 0 Å². The third kappa shape index (κ3) is 5.00. The molecular formula is C27H28FN5O2S2. The number of aryl methyl sites for hydroxylation is 1. The highest BCUT2D eigenvalue weighted by Crippen LogP contribution is 2.34. The molecule has 0 atom stereocenters. The van der Waals surface area contributed by atoms with Crippen molar-refractivity contribution >= 4 is 57.4 Å². The molecule has 0 N–H and O–H groups in total. The van der Waals surface area contributed by atoms with Crippen LogP contribution in [-0.4, -0.2) is 57.2 Å². The number of halogens is 1. The fourth-order valence-electron chi connectivity index (χ4n) is 4.65. The van der Waals surface area contributed by atoms with Crippen molar-refractivity contribution in [3.05, 3.63) is 74.8 Å². The number of piperazine rings is 1. The topological polar surface area (TPSA) is 61.2 Å². The van der Waals surface area contributed by atoms with E-state index in [0.717, 1.165) is 11.3 Å². The van der Waals surface area contributed by atoms with Crippen LogP contribution < -0.4 is 15.4 Å². The van der Waals surface area contributed by atoms with E-state index in [0.29, 0.717) is 59.0 Å². The smallest absolute Gasteiger partial charge is 0.267 e. The molecule has 192 valence electrons. The molecule has 2 aromatic heterocycles. The number of pyridine rings is 1. The van der Waals surface area contributed by atoms with Crippen molar-refractivity contribution < 1.29 is 9.18 Å². The van der Waals surface area contributed by atoms with E-state index in [1.165, 1.54) is 28.3 Å². The average molecular weight is 538 g/mol. The molecular weight excluding hydrogens is 509 g/mol. The highest BCUT2D eigenvalue weighted by atomic mass is 32.2. The predicted octanol–water partition coefficient (Wildman–Crippen LogP) is 4.33. The molecule has 1 amide bonds. The van der Waals surface area contributed by atoms with E-state index in [2.05, 4.69) is 9.80 Å². The van der Waals surface area contributed by atoms with Gasteiger partial charge in [0.1, 0.15) is 21.6 Å². The molecule has 0 unspecified atom stereocenters. The van der Waals surface area contributed by atoms with E-state index in [1.807, 2.05) is 32.9 Å². The molecule has 3 aromatic rings. The maximum Gasteiger partial charge on any atom is 0.267 e. The fraction of sp³-hybridized carbons (Fsp3) is 0.333. The van der Waals surface area contributed by atoms with Gasteiger partial charge in [-0.1, -0.05) is 43.9 Å². The van der Waals surface area contributed by atoms with Crippen molar-refractivity contribution in [1.29, 1.82) is 0 Å². The maximum atomic E-state index is 13.7. The lowest BCUT2D eigenvalue weighted by Gasteiger charge is -2.37. The number of fused-ring (bicyclic) bond motifs is 1. The number of anilines is 2. The molecule has 2 saturated heterocycles. The van der Waals surface area contributed by atoms with Gasteiger partial charge >= 0.3 is 0 Å². The number of hydrogen-bond acceptors (Lipinski definition) is 7. The Morgan fingerprint density at radius 3 is 2.43 bits per heavy atom. The molecule has 7 nitrogen and oxygen atoms in total. The molecule has 5 rings (SSSR count). The van der Waals surface area contributed by atoms with Gasteiger partial charge < -0.3 is 9.80 Å². The largest absolute Gasteiger partial charge is 0.368 e. The molecule has 0 saturated carbocycles. The summed E-state index contributed by atoms with van der Waals surface area (Å²) in [4.78, 5) is 38.2. The number of amides is 1. The zero-order chi connectivity index (χ0) is 26.3. The molecule has 2 aliphatic heterocycles. The quantitative estimate of drug-likeness (QED) is 0.355. The second kappa shape index (κ2) is 10.3. The van der Waals surface area contributed by atoms with E-state index in [1.54, 1.807) is 29.3 Å². The average Bonchev–Trinajstić information content (AvgIpc) is 3.13. The van der Waals surface area contributed by atoms with Crippen molar-refractivity contribution in [3.63, 3.8) is 0 Å². The third-order valence-corrected chi connectivity index (χ3v) is 7.91. The van der Waals surface area contributed by atoms with Crippen molar-refractivity contribution in [2.75, 3.05) is 42.5 Å². The summed E-state index contributed by atoms with van der Waals surface area (Å²) in [7, 11) is 0. The summed E-state index contributed by atoms with van der Waals surface area (Å²) >= 11 is 6.70. The number of nitrogens with zero attached hydrogens (tertiary/aromatic N) is 5. The monoisotopic (exact) mass is 537 g/mol. The number of hydrogen-bond donors (Lipinski definition) is 0. The number of carbonyl (C=O) groups is 1. The van der Waals surface area contributed by atoms with Crippen LogP contribution in [-0.2, 0) is 4.79 Å². The first-order valence-electron chi connectivity index (χ1n) is 12.3. The highest BCUT2D eigenvalue weighted by Gasteiger charge is 2.33. The Bertz CT molecular complexity index is 1460. The minimum atomic E-state index is -0.262. The van der Waals surface area contributed by atoms with Gasteiger partial charge in [0.2, 0.25) is 0 Å². The standard InChI is InChI=1S/C27H28FN5O2S2/c1-17(2)16-33-26(35)22(37-27(33)36)15-21-24(29-23-18(3)5-4-10-32(23)25(21)34)31-13-11-30(12-14-31)20-8-6-19(28)7-9-20/h4-10,15,17H,11-14,16H2,1-3H3. The van der Waals surface area contributed by atoms with Gasteiger partial charge in [-0.05, 0) is 54.8 Å². The zero-order valence-corrected chi connectivity index (χ0v) is 22.6. The summed E-state index contributed by atoms with van der Waals surface area (Å²) in [6.07, 6.45) is 3.36. The van der Waals surface area contributed by atoms with E-state index >= 15 is 0 Å². The minimum Gasteiger partial charge on any atom is -0.368 e. The predicted molar refractivity (Wildman–Crippen MR) is 152 cm³/mol.